The van der Waals surface area contributed by atoms with Crippen LogP contribution in [0.3, 0.4) is 0 Å². The molecule has 3 nitrogen and oxygen atoms in total. The minimum atomic E-state index is 0.0413. The van der Waals surface area contributed by atoms with Gasteiger partial charge in [-0.2, -0.15) is 0 Å². The zero-order valence-electron chi connectivity index (χ0n) is 5.92. The molecule has 0 fully saturated rings. The van der Waals surface area contributed by atoms with E-state index in [2.05, 4.69) is 0 Å². The van der Waals surface area contributed by atoms with Crippen molar-refractivity contribution in [3.63, 3.8) is 0 Å². The molecule has 0 radical (unpaired) electrons. The zero-order valence-corrected chi connectivity index (χ0v) is 6.73. The fourth-order valence-corrected chi connectivity index (χ4v) is 1.68. The van der Waals surface area contributed by atoms with Gasteiger partial charge in [-0.05, 0) is 6.92 Å². The molecule has 4 heteroatoms. The molecule has 0 aliphatic carbocycles. The predicted molar refractivity (Wildman–Crippen MR) is 44.0 cm³/mol. The number of aromatic hydroxyl groups is 1. The van der Waals surface area contributed by atoms with Crippen molar-refractivity contribution >= 4 is 23.8 Å². The summed E-state index contributed by atoms with van der Waals surface area (Å²) in [7, 11) is 0. The lowest BCUT2D eigenvalue weighted by atomic mass is 10.2. The molecule has 0 aliphatic rings. The van der Waals surface area contributed by atoms with Crippen LogP contribution in [0.25, 0.3) is 0 Å². The average molecular weight is 169 g/mol. The highest BCUT2D eigenvalue weighted by Gasteiger charge is 2.11. The van der Waals surface area contributed by atoms with Crippen LogP contribution >= 0.6 is 11.3 Å². The Morgan fingerprint density at radius 3 is 2.55 bits per heavy atom. The second-order valence-electron chi connectivity index (χ2n) is 2.05. The van der Waals surface area contributed by atoms with Crippen LogP contribution < -0.4 is 0 Å². The van der Waals surface area contributed by atoms with Gasteiger partial charge in [0.05, 0.1) is 5.56 Å². The predicted octanol–water partition coefficient (Wildman–Crippen LogP) is 1.57. The summed E-state index contributed by atoms with van der Waals surface area (Å²) >= 11 is 1.12. The van der Waals surface area contributed by atoms with Crippen LogP contribution in [0.5, 0.6) is 5.06 Å². The van der Waals surface area contributed by atoms with Crippen LogP contribution in [-0.2, 0) is 0 Å². The van der Waals surface area contributed by atoms with Gasteiger partial charge in [-0.1, -0.05) is 0 Å². The summed E-state index contributed by atoms with van der Waals surface area (Å²) < 4.78 is 0. The topological polar surface area (TPSA) is 61.1 Å². The van der Waals surface area contributed by atoms with Crippen LogP contribution in [0, 0.1) is 12.3 Å². The fraction of sp³-hybridized carbons (Fsp3) is 0.143. The lowest BCUT2D eigenvalue weighted by Crippen LogP contribution is -1.85. The van der Waals surface area contributed by atoms with Gasteiger partial charge >= 0.3 is 0 Å². The van der Waals surface area contributed by atoms with E-state index < -0.39 is 0 Å². The molecule has 0 saturated carbocycles. The molecule has 0 unspecified atom stereocenters. The summed E-state index contributed by atoms with van der Waals surface area (Å²) in [4.78, 5) is 11.2. The van der Waals surface area contributed by atoms with Crippen molar-refractivity contribution in [3.8, 4) is 5.06 Å². The molecular weight excluding hydrogens is 162 g/mol. The van der Waals surface area contributed by atoms with Crippen LogP contribution in [-0.4, -0.2) is 17.6 Å². The molecule has 0 atom stereocenters. The third kappa shape index (κ3) is 1.17. The molecule has 0 bridgehead atoms. The molecule has 0 aromatic carbocycles. The highest BCUT2D eigenvalue weighted by Crippen LogP contribution is 2.30. The van der Waals surface area contributed by atoms with Crippen LogP contribution in [0.4, 0.5) is 0 Å². The van der Waals surface area contributed by atoms with E-state index in [1.165, 1.54) is 0 Å². The van der Waals surface area contributed by atoms with Crippen molar-refractivity contribution in [2.75, 3.05) is 0 Å². The first kappa shape index (κ1) is 7.94. The van der Waals surface area contributed by atoms with Gasteiger partial charge in [-0.3, -0.25) is 4.79 Å². The van der Waals surface area contributed by atoms with E-state index in [0.717, 1.165) is 22.4 Å². The highest BCUT2D eigenvalue weighted by atomic mass is 32.1. The molecule has 11 heavy (non-hydrogen) atoms. The maximum Gasteiger partial charge on any atom is 0.181 e. The lowest BCUT2D eigenvalue weighted by molar-refractivity contribution is 0.112. The summed E-state index contributed by atoms with van der Waals surface area (Å²) in [6.07, 6.45) is 1.65. The first-order valence-corrected chi connectivity index (χ1v) is 3.80. The van der Waals surface area contributed by atoms with Gasteiger partial charge in [0.2, 0.25) is 0 Å². The SMILES string of the molecule is Cc1sc(O)c(C=N)c1C=O. The molecule has 0 aliphatic heterocycles. The monoisotopic (exact) mass is 169 g/mol. The van der Waals surface area contributed by atoms with Crippen molar-refractivity contribution < 1.29 is 9.90 Å². The Morgan fingerprint density at radius 2 is 2.18 bits per heavy atom. The third-order valence-corrected chi connectivity index (χ3v) is 2.35. The van der Waals surface area contributed by atoms with E-state index >= 15 is 0 Å². The van der Waals surface area contributed by atoms with Gasteiger partial charge in [-0.15, -0.1) is 11.3 Å². The van der Waals surface area contributed by atoms with E-state index in [1.54, 1.807) is 6.92 Å². The second kappa shape index (κ2) is 2.84. The van der Waals surface area contributed by atoms with E-state index in [9.17, 15) is 4.79 Å². The standard InChI is InChI=1S/C7H7NO2S/c1-4-6(3-9)5(2-8)7(10)11-4/h2-3,8,10H,1H3. The van der Waals surface area contributed by atoms with Crippen molar-refractivity contribution in [3.05, 3.63) is 16.0 Å². The largest absolute Gasteiger partial charge is 0.499 e. The normalized spacial score (nSPS) is 9.55. The molecule has 0 amide bonds. The number of hydrogen-bond acceptors (Lipinski definition) is 4. The first-order chi connectivity index (χ1) is 5.20. The Morgan fingerprint density at radius 1 is 1.55 bits per heavy atom. The average Bonchev–Trinajstić information content (AvgIpc) is 2.24. The quantitative estimate of drug-likeness (QED) is 0.521. The second-order valence-corrected chi connectivity index (χ2v) is 3.26. The summed E-state index contributed by atoms with van der Waals surface area (Å²) in [5.41, 5.74) is 0.741. The Balaban J connectivity index is 3.39. The molecule has 58 valence electrons. The van der Waals surface area contributed by atoms with E-state index in [1.807, 2.05) is 0 Å². The first-order valence-electron chi connectivity index (χ1n) is 2.98. The molecule has 0 saturated heterocycles. The van der Waals surface area contributed by atoms with Crippen molar-refractivity contribution in [1.29, 1.82) is 5.41 Å². The van der Waals surface area contributed by atoms with E-state index in [4.69, 9.17) is 10.5 Å². The number of hydrogen-bond donors (Lipinski definition) is 2. The van der Waals surface area contributed by atoms with Crippen LogP contribution in [0.1, 0.15) is 20.8 Å². The fourth-order valence-electron chi connectivity index (χ4n) is 0.846. The van der Waals surface area contributed by atoms with Gasteiger partial charge in [0, 0.05) is 16.7 Å². The number of nitrogens with one attached hydrogen (secondary N) is 1. The van der Waals surface area contributed by atoms with Gasteiger partial charge in [0.15, 0.2) is 11.3 Å². The lowest BCUT2D eigenvalue weighted by Gasteiger charge is -1.87. The van der Waals surface area contributed by atoms with Crippen LogP contribution in [0.2, 0.25) is 0 Å². The number of carbonyl (C=O) groups excluding carboxylic acids is 1. The maximum absolute atomic E-state index is 10.4. The minimum absolute atomic E-state index is 0.0413. The number of aryl methyl sites for hydroxylation is 1. The van der Waals surface area contributed by atoms with Gasteiger partial charge in [0.25, 0.3) is 0 Å². The number of thiophene rings is 1. The number of aldehydes is 1. The van der Waals surface area contributed by atoms with E-state index in [0.29, 0.717) is 17.4 Å². The number of rotatable bonds is 2. The van der Waals surface area contributed by atoms with E-state index in [-0.39, 0.29) is 5.06 Å². The Bertz CT molecular complexity index is 275. The van der Waals surface area contributed by atoms with Gasteiger partial charge < -0.3 is 10.5 Å². The zero-order chi connectivity index (χ0) is 8.43. The summed E-state index contributed by atoms with van der Waals surface area (Å²) in [5, 5.41) is 16.1. The summed E-state index contributed by atoms with van der Waals surface area (Å²) in [6, 6.07) is 0. The van der Waals surface area contributed by atoms with Crippen molar-refractivity contribution in [1.82, 2.24) is 0 Å². The summed E-state index contributed by atoms with van der Waals surface area (Å²) in [5.74, 6) is 0. The van der Waals surface area contributed by atoms with Gasteiger partial charge in [0.1, 0.15) is 0 Å². The maximum atomic E-state index is 10.4. The molecule has 1 rings (SSSR count). The van der Waals surface area contributed by atoms with Crippen molar-refractivity contribution in [2.24, 2.45) is 0 Å². The molecule has 1 aromatic rings. The molecule has 1 aromatic heterocycles. The highest BCUT2D eigenvalue weighted by molar-refractivity contribution is 7.14. The summed E-state index contributed by atoms with van der Waals surface area (Å²) in [6.45, 7) is 1.74. The minimum Gasteiger partial charge on any atom is -0.499 e. The molecule has 2 N–H and O–H groups in total. The Labute approximate surface area is 67.8 Å². The van der Waals surface area contributed by atoms with Gasteiger partial charge in [-0.25, -0.2) is 0 Å². The Hall–Kier alpha value is -1.16. The molecular formula is C7H7NO2S. The Kier molecular flexibility index (Phi) is 2.05. The molecule has 1 heterocycles. The smallest absolute Gasteiger partial charge is 0.181 e. The number of carbonyl (C=O) groups is 1. The molecule has 0 spiro atoms. The van der Waals surface area contributed by atoms with Crippen molar-refractivity contribution in [2.45, 2.75) is 6.92 Å². The third-order valence-electron chi connectivity index (χ3n) is 1.41. The van der Waals surface area contributed by atoms with Crippen LogP contribution in [0.15, 0.2) is 0 Å².